The van der Waals surface area contributed by atoms with Crippen molar-refractivity contribution in [1.29, 1.82) is 0 Å². The fourth-order valence-electron chi connectivity index (χ4n) is 2.54. The average molecular weight is 358 g/mol. The van der Waals surface area contributed by atoms with Crippen LogP contribution in [-0.4, -0.2) is 15.7 Å². The van der Waals surface area contributed by atoms with Crippen LogP contribution in [0.2, 0.25) is 5.02 Å². The van der Waals surface area contributed by atoms with E-state index in [1.807, 2.05) is 12.1 Å². The summed E-state index contributed by atoms with van der Waals surface area (Å²) in [5.41, 5.74) is -0.0709. The van der Waals surface area contributed by atoms with Crippen LogP contribution in [0.5, 0.6) is 0 Å². The molecular weight excluding hydrogens is 343 g/mol. The summed E-state index contributed by atoms with van der Waals surface area (Å²) in [4.78, 5) is 12.2. The minimum Gasteiger partial charge on any atom is -0.347 e. The second kappa shape index (κ2) is 6.47. The van der Waals surface area contributed by atoms with Crippen molar-refractivity contribution in [2.75, 3.05) is 0 Å². The molecule has 1 atom stereocenters. The van der Waals surface area contributed by atoms with Gasteiger partial charge < -0.3 is 5.32 Å². The van der Waals surface area contributed by atoms with E-state index in [1.54, 1.807) is 12.1 Å². The zero-order valence-electron chi connectivity index (χ0n) is 12.6. The molecule has 3 rings (SSSR count). The number of aromatic nitrogens is 2. The van der Waals surface area contributed by atoms with Gasteiger partial charge in [-0.2, -0.15) is 18.3 Å². The van der Waals surface area contributed by atoms with E-state index in [2.05, 4.69) is 10.4 Å². The van der Waals surface area contributed by atoms with E-state index in [4.69, 9.17) is 11.6 Å². The van der Waals surface area contributed by atoms with Crippen molar-refractivity contribution in [3.05, 3.63) is 52.8 Å². The van der Waals surface area contributed by atoms with Gasteiger partial charge in [0.15, 0.2) is 5.69 Å². The molecule has 1 aromatic heterocycles. The van der Waals surface area contributed by atoms with Crippen LogP contribution in [-0.2, 0) is 17.5 Å². The Kier molecular flexibility index (Phi) is 4.54. The van der Waals surface area contributed by atoms with Gasteiger partial charge in [0.05, 0.1) is 6.04 Å². The van der Waals surface area contributed by atoms with E-state index in [0.29, 0.717) is 10.9 Å². The van der Waals surface area contributed by atoms with E-state index < -0.39 is 11.9 Å². The molecule has 8 heteroatoms. The van der Waals surface area contributed by atoms with Gasteiger partial charge in [-0.3, -0.25) is 9.48 Å². The predicted molar refractivity (Wildman–Crippen MR) is 82.3 cm³/mol. The molecule has 1 aliphatic carbocycles. The van der Waals surface area contributed by atoms with Gasteiger partial charge >= 0.3 is 6.18 Å². The monoisotopic (exact) mass is 357 g/mol. The summed E-state index contributed by atoms with van der Waals surface area (Å²) in [7, 11) is 0. The van der Waals surface area contributed by atoms with Crippen molar-refractivity contribution in [3.8, 4) is 0 Å². The number of rotatable bonds is 5. The molecule has 1 heterocycles. The third kappa shape index (κ3) is 4.08. The quantitative estimate of drug-likeness (QED) is 0.884. The molecule has 0 bridgehead atoms. The number of alkyl halides is 3. The average Bonchev–Trinajstić information content (AvgIpc) is 3.24. The lowest BCUT2D eigenvalue weighted by Crippen LogP contribution is -2.33. The predicted octanol–water partition coefficient (Wildman–Crippen LogP) is 3.82. The van der Waals surface area contributed by atoms with Gasteiger partial charge in [-0.1, -0.05) is 23.7 Å². The Morgan fingerprint density at radius 1 is 1.29 bits per heavy atom. The minimum atomic E-state index is -4.51. The van der Waals surface area contributed by atoms with Crippen LogP contribution in [0.4, 0.5) is 13.2 Å². The van der Waals surface area contributed by atoms with Gasteiger partial charge in [-0.25, -0.2) is 0 Å². The zero-order chi connectivity index (χ0) is 17.3. The third-order valence-corrected chi connectivity index (χ3v) is 4.13. The highest BCUT2D eigenvalue weighted by Crippen LogP contribution is 2.41. The number of halogens is 4. The van der Waals surface area contributed by atoms with Gasteiger partial charge in [-0.05, 0) is 42.5 Å². The largest absolute Gasteiger partial charge is 0.435 e. The van der Waals surface area contributed by atoms with Crippen LogP contribution in [0.3, 0.4) is 0 Å². The first-order chi connectivity index (χ1) is 11.3. The lowest BCUT2D eigenvalue weighted by molar-refractivity contribution is -0.141. The fraction of sp³-hybridized carbons (Fsp3) is 0.375. The molecule has 0 aliphatic heterocycles. The normalized spacial score (nSPS) is 16.0. The third-order valence-electron chi connectivity index (χ3n) is 3.88. The zero-order valence-corrected chi connectivity index (χ0v) is 13.3. The molecule has 0 unspecified atom stereocenters. The maximum atomic E-state index is 12.5. The number of amides is 1. The summed E-state index contributed by atoms with van der Waals surface area (Å²) in [6.07, 6.45) is -1.35. The molecule has 1 saturated carbocycles. The number of hydrogen-bond acceptors (Lipinski definition) is 2. The maximum absolute atomic E-state index is 12.5. The van der Waals surface area contributed by atoms with Crippen LogP contribution in [0.15, 0.2) is 36.5 Å². The first kappa shape index (κ1) is 16.8. The number of carbonyl (C=O) groups excluding carboxylic acids is 1. The Bertz CT molecular complexity index is 723. The molecular formula is C16H15ClF3N3O. The molecule has 0 radical (unpaired) electrons. The van der Waals surface area contributed by atoms with Crippen molar-refractivity contribution >= 4 is 17.5 Å². The van der Waals surface area contributed by atoms with Gasteiger partial charge in [0.1, 0.15) is 6.54 Å². The number of benzene rings is 1. The van der Waals surface area contributed by atoms with Crippen LogP contribution < -0.4 is 5.32 Å². The Hall–Kier alpha value is -2.02. The molecule has 0 saturated heterocycles. The summed E-state index contributed by atoms with van der Waals surface area (Å²) in [5.74, 6) is -0.0304. The van der Waals surface area contributed by atoms with Crippen LogP contribution >= 0.6 is 11.6 Å². The number of nitrogens with zero attached hydrogens (tertiary/aromatic N) is 2. The molecule has 1 N–H and O–H groups in total. The molecule has 2 aromatic rings. The molecule has 4 nitrogen and oxygen atoms in total. The standard InChI is InChI=1S/C16H15ClF3N3O/c17-12-5-3-11(4-6-12)15(10-1-2-10)21-14(24)9-23-8-7-13(22-23)16(18,19)20/h3-8,10,15H,1-2,9H2,(H,21,24)/t15-/m0/s1. The molecule has 1 aliphatic rings. The van der Waals surface area contributed by atoms with Crippen molar-refractivity contribution in [1.82, 2.24) is 15.1 Å². The minimum absolute atomic E-state index is 0.160. The summed E-state index contributed by atoms with van der Waals surface area (Å²) in [6.45, 7) is -0.257. The maximum Gasteiger partial charge on any atom is 0.435 e. The first-order valence-corrected chi connectivity index (χ1v) is 7.86. The highest BCUT2D eigenvalue weighted by atomic mass is 35.5. The van der Waals surface area contributed by atoms with Crippen LogP contribution in [0, 0.1) is 5.92 Å². The highest BCUT2D eigenvalue weighted by Gasteiger charge is 2.35. The van der Waals surface area contributed by atoms with Crippen LogP contribution in [0.1, 0.15) is 30.1 Å². The smallest absolute Gasteiger partial charge is 0.347 e. The van der Waals surface area contributed by atoms with Crippen molar-refractivity contribution in [3.63, 3.8) is 0 Å². The van der Waals surface area contributed by atoms with Gasteiger partial charge in [0, 0.05) is 11.2 Å². The number of nitrogens with one attached hydrogen (secondary N) is 1. The molecule has 128 valence electrons. The Balaban J connectivity index is 1.66. The lowest BCUT2D eigenvalue weighted by Gasteiger charge is -2.19. The second-order valence-electron chi connectivity index (χ2n) is 5.83. The van der Waals surface area contributed by atoms with Crippen LogP contribution in [0.25, 0.3) is 0 Å². The summed E-state index contributed by atoms with van der Waals surface area (Å²) in [5, 5.41) is 6.88. The van der Waals surface area contributed by atoms with E-state index in [9.17, 15) is 18.0 Å². The van der Waals surface area contributed by atoms with E-state index in [0.717, 1.165) is 35.4 Å². The summed E-state index contributed by atoms with van der Waals surface area (Å²) >= 11 is 5.87. The van der Waals surface area contributed by atoms with Crippen molar-refractivity contribution < 1.29 is 18.0 Å². The fourth-order valence-corrected chi connectivity index (χ4v) is 2.67. The van der Waals surface area contributed by atoms with Gasteiger partial charge in [-0.15, -0.1) is 0 Å². The highest BCUT2D eigenvalue weighted by molar-refractivity contribution is 6.30. The van der Waals surface area contributed by atoms with Crippen molar-refractivity contribution in [2.45, 2.75) is 31.6 Å². The number of carbonyl (C=O) groups is 1. The van der Waals surface area contributed by atoms with E-state index in [1.165, 1.54) is 0 Å². The Labute approximate surface area is 141 Å². The SMILES string of the molecule is O=C(Cn1ccc(C(F)(F)F)n1)N[C@H](c1ccc(Cl)cc1)C1CC1. The topological polar surface area (TPSA) is 46.9 Å². The van der Waals surface area contributed by atoms with E-state index in [-0.39, 0.29) is 18.5 Å². The van der Waals surface area contributed by atoms with E-state index >= 15 is 0 Å². The Morgan fingerprint density at radius 2 is 1.96 bits per heavy atom. The van der Waals surface area contributed by atoms with Gasteiger partial charge in [0.25, 0.3) is 0 Å². The first-order valence-electron chi connectivity index (χ1n) is 7.48. The lowest BCUT2D eigenvalue weighted by atomic mass is 10.0. The summed E-state index contributed by atoms with van der Waals surface area (Å²) < 4.78 is 38.6. The molecule has 1 fully saturated rings. The molecule has 1 aromatic carbocycles. The number of hydrogen-bond donors (Lipinski definition) is 1. The van der Waals surface area contributed by atoms with Crippen molar-refractivity contribution in [2.24, 2.45) is 5.92 Å². The Morgan fingerprint density at radius 3 is 2.50 bits per heavy atom. The molecule has 0 spiro atoms. The second-order valence-corrected chi connectivity index (χ2v) is 6.27. The summed E-state index contributed by atoms with van der Waals surface area (Å²) in [6, 6.07) is 7.89. The molecule has 24 heavy (non-hydrogen) atoms. The molecule has 1 amide bonds. The van der Waals surface area contributed by atoms with Gasteiger partial charge in [0.2, 0.25) is 5.91 Å².